The molecule has 0 aromatic rings. The van der Waals surface area contributed by atoms with Crippen LogP contribution in [0.5, 0.6) is 0 Å². The summed E-state index contributed by atoms with van der Waals surface area (Å²) in [5, 5.41) is 0. The van der Waals surface area contributed by atoms with Crippen LogP contribution in [0.15, 0.2) is 12.3 Å². The zero-order chi connectivity index (χ0) is 7.11. The summed E-state index contributed by atoms with van der Waals surface area (Å²) in [4.78, 5) is 2.08. The fourth-order valence-electron chi connectivity index (χ4n) is 0.418. The Balaban J connectivity index is 0. The molecule has 2 nitrogen and oxygen atoms in total. The third kappa shape index (κ3) is 10.7. The fraction of sp³-hybridized carbons (Fsp3) is 0.714. The number of ether oxygens (including phenoxy) is 1. The van der Waals surface area contributed by atoms with Crippen LogP contribution in [0.4, 0.5) is 0 Å². The van der Waals surface area contributed by atoms with Crippen molar-refractivity contribution in [3.63, 3.8) is 0 Å². The van der Waals surface area contributed by atoms with Crippen LogP contribution in [0.2, 0.25) is 0 Å². The van der Waals surface area contributed by atoms with Gasteiger partial charge in [-0.1, -0.05) is 0 Å². The Morgan fingerprint density at radius 3 is 2.40 bits per heavy atom. The van der Waals surface area contributed by atoms with Gasteiger partial charge in [0.25, 0.3) is 0 Å². The molecule has 0 aliphatic carbocycles. The van der Waals surface area contributed by atoms with Crippen LogP contribution < -0.4 is 0 Å². The van der Waals surface area contributed by atoms with Gasteiger partial charge in [-0.2, -0.15) is 0 Å². The molecule has 0 amide bonds. The molecule has 0 heterocycles. The normalized spacial score (nSPS) is 10.0. The van der Waals surface area contributed by atoms with Gasteiger partial charge in [0, 0.05) is 6.54 Å². The first-order chi connectivity index (χ1) is 4.27. The highest BCUT2D eigenvalue weighted by Crippen LogP contribution is 1.78. The molecular weight excluding hydrogens is 150 g/mol. The zero-order valence-corrected chi connectivity index (χ0v) is 7.65. The number of nitrogens with zero attached hydrogens (tertiary/aromatic N) is 1. The molecule has 0 unspecified atom stereocenters. The maximum atomic E-state index is 4.98. The Kier molecular flexibility index (Phi) is 11.0. The summed E-state index contributed by atoms with van der Waals surface area (Å²) >= 11 is 0. The zero-order valence-electron chi connectivity index (χ0n) is 6.83. The highest BCUT2D eigenvalue weighted by atomic mass is 35.5. The second-order valence-electron chi connectivity index (χ2n) is 2.09. The minimum Gasteiger partial charge on any atom is -0.502 e. The Hall–Kier alpha value is -0.210. The summed E-state index contributed by atoms with van der Waals surface area (Å²) in [6, 6.07) is 0. The second kappa shape index (κ2) is 8.79. The lowest BCUT2D eigenvalue weighted by Gasteiger charge is -2.03. The summed E-state index contributed by atoms with van der Waals surface area (Å²) in [5.74, 6) is 0. The number of likely N-dealkylation sites (N-methyl/N-ethyl adjacent to an activating group) is 1. The second-order valence-corrected chi connectivity index (χ2v) is 2.09. The van der Waals surface area contributed by atoms with Gasteiger partial charge in [0.05, 0.1) is 12.9 Å². The predicted molar refractivity (Wildman–Crippen MR) is 46.6 cm³/mol. The quantitative estimate of drug-likeness (QED) is 0.586. The molecule has 0 aromatic heterocycles. The van der Waals surface area contributed by atoms with E-state index in [9.17, 15) is 0 Å². The molecule has 0 saturated heterocycles. The topological polar surface area (TPSA) is 12.5 Å². The summed E-state index contributed by atoms with van der Waals surface area (Å²) in [6.45, 7) is 3.67. The van der Waals surface area contributed by atoms with Crippen molar-refractivity contribution in [2.75, 3.05) is 27.2 Å². The maximum absolute atomic E-state index is 4.98. The molecular formula is C7H16ClNO. The van der Waals surface area contributed by atoms with Crippen LogP contribution in [0.1, 0.15) is 6.92 Å². The molecule has 0 radical (unpaired) electrons. The molecule has 0 rings (SSSR count). The van der Waals surface area contributed by atoms with Crippen LogP contribution in [-0.2, 0) is 4.74 Å². The number of hydrogen-bond acceptors (Lipinski definition) is 2. The Morgan fingerprint density at radius 2 is 2.00 bits per heavy atom. The monoisotopic (exact) mass is 165 g/mol. The molecule has 0 fully saturated rings. The van der Waals surface area contributed by atoms with Gasteiger partial charge in [-0.15, -0.1) is 12.4 Å². The molecule has 0 bridgehead atoms. The van der Waals surface area contributed by atoms with Gasteiger partial charge in [0.15, 0.2) is 0 Å². The lowest BCUT2D eigenvalue weighted by Crippen LogP contribution is -2.10. The summed E-state index contributed by atoms with van der Waals surface area (Å²) < 4.78 is 4.98. The van der Waals surface area contributed by atoms with Crippen molar-refractivity contribution in [2.24, 2.45) is 0 Å². The van der Waals surface area contributed by atoms with Crippen LogP contribution in [0, 0.1) is 0 Å². The van der Waals surface area contributed by atoms with Crippen molar-refractivity contribution in [1.82, 2.24) is 4.90 Å². The molecule has 0 aliphatic heterocycles. The molecule has 0 atom stereocenters. The van der Waals surface area contributed by atoms with Gasteiger partial charge in [0.1, 0.15) is 0 Å². The third-order valence-corrected chi connectivity index (χ3v) is 0.830. The molecule has 62 valence electrons. The first-order valence-corrected chi connectivity index (χ1v) is 3.18. The molecule has 0 spiro atoms. The number of halogens is 1. The van der Waals surface area contributed by atoms with E-state index < -0.39 is 0 Å². The summed E-state index contributed by atoms with van der Waals surface area (Å²) in [7, 11) is 4.05. The number of hydrogen-bond donors (Lipinski definition) is 0. The molecule has 0 aromatic carbocycles. The van der Waals surface area contributed by atoms with Crippen molar-refractivity contribution >= 4 is 12.4 Å². The lowest BCUT2D eigenvalue weighted by atomic mass is 10.6. The number of rotatable bonds is 4. The standard InChI is InChI=1S/C7H15NO.ClH/c1-4-9-7-5-6-8(2)3;/h5,7H,4,6H2,1-3H3;1H/b7-5+;. The largest absolute Gasteiger partial charge is 0.502 e. The van der Waals surface area contributed by atoms with Crippen molar-refractivity contribution in [3.8, 4) is 0 Å². The van der Waals surface area contributed by atoms with Crippen molar-refractivity contribution in [3.05, 3.63) is 12.3 Å². The van der Waals surface area contributed by atoms with Crippen LogP contribution in [0.25, 0.3) is 0 Å². The van der Waals surface area contributed by atoms with E-state index in [2.05, 4.69) is 4.90 Å². The first-order valence-electron chi connectivity index (χ1n) is 3.18. The molecule has 3 heteroatoms. The van der Waals surface area contributed by atoms with Crippen molar-refractivity contribution in [2.45, 2.75) is 6.92 Å². The predicted octanol–water partition coefficient (Wildman–Crippen LogP) is 1.52. The minimum atomic E-state index is 0. The van der Waals surface area contributed by atoms with Crippen molar-refractivity contribution < 1.29 is 4.74 Å². The Labute approximate surface area is 69.3 Å². The van der Waals surface area contributed by atoms with Crippen LogP contribution in [-0.4, -0.2) is 32.1 Å². The van der Waals surface area contributed by atoms with Gasteiger partial charge < -0.3 is 9.64 Å². The fourth-order valence-corrected chi connectivity index (χ4v) is 0.418. The minimum absolute atomic E-state index is 0. The van der Waals surface area contributed by atoms with E-state index in [0.29, 0.717) is 0 Å². The van der Waals surface area contributed by atoms with E-state index in [-0.39, 0.29) is 12.4 Å². The lowest BCUT2D eigenvalue weighted by molar-refractivity contribution is 0.266. The Morgan fingerprint density at radius 1 is 1.40 bits per heavy atom. The van der Waals surface area contributed by atoms with E-state index in [0.717, 1.165) is 13.2 Å². The molecule has 0 saturated carbocycles. The van der Waals surface area contributed by atoms with Gasteiger partial charge in [-0.3, -0.25) is 0 Å². The summed E-state index contributed by atoms with van der Waals surface area (Å²) in [5.41, 5.74) is 0. The van der Waals surface area contributed by atoms with E-state index in [1.807, 2.05) is 27.1 Å². The van der Waals surface area contributed by atoms with Gasteiger partial charge in [-0.25, -0.2) is 0 Å². The highest BCUT2D eigenvalue weighted by Gasteiger charge is 1.79. The summed E-state index contributed by atoms with van der Waals surface area (Å²) in [6.07, 6.45) is 3.73. The Bertz CT molecular complexity index is 83.7. The van der Waals surface area contributed by atoms with E-state index in [1.54, 1.807) is 6.26 Å². The van der Waals surface area contributed by atoms with Gasteiger partial charge >= 0.3 is 0 Å². The highest BCUT2D eigenvalue weighted by molar-refractivity contribution is 5.85. The van der Waals surface area contributed by atoms with Gasteiger partial charge in [0.2, 0.25) is 0 Å². The average Bonchev–Trinajstić information content (AvgIpc) is 1.80. The van der Waals surface area contributed by atoms with E-state index in [1.165, 1.54) is 0 Å². The van der Waals surface area contributed by atoms with Crippen LogP contribution in [0.3, 0.4) is 0 Å². The maximum Gasteiger partial charge on any atom is 0.0845 e. The van der Waals surface area contributed by atoms with Crippen molar-refractivity contribution in [1.29, 1.82) is 0 Å². The van der Waals surface area contributed by atoms with Gasteiger partial charge in [-0.05, 0) is 27.1 Å². The smallest absolute Gasteiger partial charge is 0.0845 e. The average molecular weight is 166 g/mol. The first kappa shape index (κ1) is 12.5. The molecule has 0 aliphatic rings. The molecule has 0 N–H and O–H groups in total. The molecule has 10 heavy (non-hydrogen) atoms. The SMILES string of the molecule is CCO/C=C/CN(C)C.Cl. The third-order valence-electron chi connectivity index (χ3n) is 0.830. The van der Waals surface area contributed by atoms with E-state index >= 15 is 0 Å². The van der Waals surface area contributed by atoms with E-state index in [4.69, 9.17) is 4.74 Å². The van der Waals surface area contributed by atoms with Crippen LogP contribution >= 0.6 is 12.4 Å².